The van der Waals surface area contributed by atoms with Crippen molar-refractivity contribution in [1.29, 1.82) is 5.41 Å². The number of ether oxygens (including phenoxy) is 1. The summed E-state index contributed by atoms with van der Waals surface area (Å²) in [5.41, 5.74) is 0. The van der Waals surface area contributed by atoms with Crippen molar-refractivity contribution < 1.29 is 9.13 Å². The SMILES string of the molecule is CCCOC(=N)CF. The summed E-state index contributed by atoms with van der Waals surface area (Å²) in [5, 5.41) is 6.64. The molecule has 1 N–H and O–H groups in total. The normalized spacial score (nSPS) is 8.75. The van der Waals surface area contributed by atoms with E-state index in [0.717, 1.165) is 6.42 Å². The van der Waals surface area contributed by atoms with Gasteiger partial charge in [0.25, 0.3) is 0 Å². The third-order valence-corrected chi connectivity index (χ3v) is 0.602. The zero-order chi connectivity index (χ0) is 6.41. The van der Waals surface area contributed by atoms with Crippen LogP contribution < -0.4 is 0 Å². The van der Waals surface area contributed by atoms with Crippen LogP contribution in [-0.4, -0.2) is 19.2 Å². The lowest BCUT2D eigenvalue weighted by molar-refractivity contribution is 0.283. The number of nitrogens with one attached hydrogen (secondary N) is 1. The van der Waals surface area contributed by atoms with Gasteiger partial charge in [0.1, 0.15) is 0 Å². The van der Waals surface area contributed by atoms with E-state index >= 15 is 0 Å². The molecular weight excluding hydrogens is 109 g/mol. The van der Waals surface area contributed by atoms with Gasteiger partial charge in [-0.15, -0.1) is 0 Å². The van der Waals surface area contributed by atoms with Crippen LogP contribution in [0.5, 0.6) is 0 Å². The average Bonchev–Trinajstić information content (AvgIpc) is 1.83. The number of hydrogen-bond donors (Lipinski definition) is 1. The Hall–Kier alpha value is -0.600. The van der Waals surface area contributed by atoms with Gasteiger partial charge in [-0.1, -0.05) is 6.92 Å². The molecule has 0 spiro atoms. The van der Waals surface area contributed by atoms with E-state index in [4.69, 9.17) is 5.41 Å². The molecule has 0 aromatic heterocycles. The molecule has 0 fully saturated rings. The molecule has 0 amide bonds. The fourth-order valence-corrected chi connectivity index (χ4v) is 0.264. The molecule has 0 heterocycles. The molecule has 3 heteroatoms. The van der Waals surface area contributed by atoms with E-state index < -0.39 is 6.67 Å². The molecule has 0 saturated heterocycles. The van der Waals surface area contributed by atoms with Crippen LogP contribution in [0.1, 0.15) is 13.3 Å². The minimum Gasteiger partial charge on any atom is -0.479 e. The minimum absolute atomic E-state index is 0.271. The van der Waals surface area contributed by atoms with Crippen LogP contribution in [0, 0.1) is 5.41 Å². The Kier molecular flexibility index (Phi) is 4.21. The predicted octanol–water partition coefficient (Wildman–Crippen LogP) is 1.36. The molecular formula is C5H10FNO. The molecule has 0 aromatic rings. The molecule has 0 aliphatic carbocycles. The van der Waals surface area contributed by atoms with Crippen LogP contribution in [0.4, 0.5) is 4.39 Å². The summed E-state index contributed by atoms with van der Waals surface area (Å²) >= 11 is 0. The highest BCUT2D eigenvalue weighted by molar-refractivity contribution is 5.73. The molecule has 0 atom stereocenters. The highest BCUT2D eigenvalue weighted by Gasteiger charge is 1.91. The predicted molar refractivity (Wildman–Crippen MR) is 29.9 cm³/mol. The molecule has 0 aliphatic heterocycles. The van der Waals surface area contributed by atoms with Gasteiger partial charge in [0.05, 0.1) is 6.61 Å². The molecule has 8 heavy (non-hydrogen) atoms. The summed E-state index contributed by atoms with van der Waals surface area (Å²) in [6, 6.07) is 0. The lowest BCUT2D eigenvalue weighted by Gasteiger charge is -1.99. The van der Waals surface area contributed by atoms with E-state index in [9.17, 15) is 4.39 Å². The lowest BCUT2D eigenvalue weighted by Crippen LogP contribution is -2.05. The van der Waals surface area contributed by atoms with Crippen molar-refractivity contribution in [2.45, 2.75) is 13.3 Å². The van der Waals surface area contributed by atoms with Crippen molar-refractivity contribution in [3.63, 3.8) is 0 Å². The van der Waals surface area contributed by atoms with E-state index in [0.29, 0.717) is 6.61 Å². The van der Waals surface area contributed by atoms with Crippen LogP contribution in [0.3, 0.4) is 0 Å². The molecule has 0 aliphatic rings. The second-order valence-electron chi connectivity index (χ2n) is 1.41. The van der Waals surface area contributed by atoms with Gasteiger partial charge in [-0.05, 0) is 6.42 Å². The highest BCUT2D eigenvalue weighted by Crippen LogP contribution is 1.82. The van der Waals surface area contributed by atoms with Crippen molar-refractivity contribution in [2.75, 3.05) is 13.3 Å². The summed E-state index contributed by atoms with van der Waals surface area (Å²) in [5.74, 6) is -0.271. The van der Waals surface area contributed by atoms with Crippen molar-refractivity contribution in [2.24, 2.45) is 0 Å². The monoisotopic (exact) mass is 119 g/mol. The van der Waals surface area contributed by atoms with Gasteiger partial charge in [-0.25, -0.2) is 4.39 Å². The van der Waals surface area contributed by atoms with Crippen molar-refractivity contribution in [1.82, 2.24) is 0 Å². The van der Waals surface area contributed by atoms with E-state index in [2.05, 4.69) is 4.74 Å². The Labute approximate surface area is 48.2 Å². The molecule has 0 saturated carbocycles. The number of rotatable bonds is 3. The smallest absolute Gasteiger partial charge is 0.212 e. The Bertz CT molecular complexity index is 74.8. The van der Waals surface area contributed by atoms with Crippen molar-refractivity contribution in [3.05, 3.63) is 0 Å². The summed E-state index contributed by atoms with van der Waals surface area (Å²) < 4.78 is 15.9. The molecule has 0 bridgehead atoms. The van der Waals surface area contributed by atoms with Gasteiger partial charge >= 0.3 is 0 Å². The van der Waals surface area contributed by atoms with E-state index in [1.165, 1.54) is 0 Å². The van der Waals surface area contributed by atoms with Gasteiger partial charge in [-0.2, -0.15) is 0 Å². The first-order chi connectivity index (χ1) is 3.81. The topological polar surface area (TPSA) is 33.1 Å². The largest absolute Gasteiger partial charge is 0.479 e. The molecule has 0 radical (unpaired) electrons. The maximum Gasteiger partial charge on any atom is 0.212 e. The molecule has 0 unspecified atom stereocenters. The number of hydrogen-bond acceptors (Lipinski definition) is 2. The van der Waals surface area contributed by atoms with Crippen LogP contribution in [0.2, 0.25) is 0 Å². The number of alkyl halides is 1. The summed E-state index contributed by atoms with van der Waals surface area (Å²) in [7, 11) is 0. The van der Waals surface area contributed by atoms with Gasteiger partial charge in [-0.3, -0.25) is 5.41 Å². The summed E-state index contributed by atoms with van der Waals surface area (Å²) in [6.45, 7) is 1.56. The quantitative estimate of drug-likeness (QED) is 0.441. The average molecular weight is 119 g/mol. The molecule has 0 rings (SSSR count). The molecule has 0 aromatic carbocycles. The van der Waals surface area contributed by atoms with E-state index in [1.54, 1.807) is 0 Å². The zero-order valence-electron chi connectivity index (χ0n) is 4.91. The minimum atomic E-state index is -0.792. The molecule has 48 valence electrons. The van der Waals surface area contributed by atoms with Gasteiger partial charge in [0.15, 0.2) is 6.67 Å². The molecule has 2 nitrogen and oxygen atoms in total. The summed E-state index contributed by atoms with van der Waals surface area (Å²) in [6.07, 6.45) is 0.822. The Morgan fingerprint density at radius 2 is 2.38 bits per heavy atom. The van der Waals surface area contributed by atoms with Crippen LogP contribution in [0.25, 0.3) is 0 Å². The fourth-order valence-electron chi connectivity index (χ4n) is 0.264. The highest BCUT2D eigenvalue weighted by atomic mass is 19.1. The van der Waals surface area contributed by atoms with Crippen LogP contribution in [0.15, 0.2) is 0 Å². The zero-order valence-corrected chi connectivity index (χ0v) is 4.91. The summed E-state index contributed by atoms with van der Waals surface area (Å²) in [4.78, 5) is 0. The maximum absolute atomic E-state index is 11.4. The van der Waals surface area contributed by atoms with Crippen LogP contribution in [-0.2, 0) is 4.74 Å². The Morgan fingerprint density at radius 1 is 1.75 bits per heavy atom. The van der Waals surface area contributed by atoms with E-state index in [1.807, 2.05) is 6.92 Å². The van der Waals surface area contributed by atoms with Gasteiger partial charge < -0.3 is 4.74 Å². The van der Waals surface area contributed by atoms with Crippen molar-refractivity contribution in [3.8, 4) is 0 Å². The first kappa shape index (κ1) is 7.40. The lowest BCUT2D eigenvalue weighted by atomic mass is 10.5. The number of halogens is 1. The third-order valence-electron chi connectivity index (χ3n) is 0.602. The first-order valence-electron chi connectivity index (χ1n) is 2.57. The van der Waals surface area contributed by atoms with Crippen LogP contribution >= 0.6 is 0 Å². The van der Waals surface area contributed by atoms with Gasteiger partial charge in [0.2, 0.25) is 5.90 Å². The van der Waals surface area contributed by atoms with Crippen molar-refractivity contribution >= 4 is 5.90 Å². The van der Waals surface area contributed by atoms with Gasteiger partial charge in [0, 0.05) is 0 Å². The van der Waals surface area contributed by atoms with E-state index in [-0.39, 0.29) is 5.90 Å². The maximum atomic E-state index is 11.4. The third kappa shape index (κ3) is 3.59. The second kappa shape index (κ2) is 4.56. The Balaban J connectivity index is 2.99. The Morgan fingerprint density at radius 3 is 2.75 bits per heavy atom. The first-order valence-corrected chi connectivity index (χ1v) is 2.57. The fraction of sp³-hybridized carbons (Fsp3) is 0.800. The second-order valence-corrected chi connectivity index (χ2v) is 1.41. The standard InChI is InChI=1S/C5H10FNO/c1-2-3-8-5(7)4-6/h7H,2-4H2,1H3.